The Kier molecular flexibility index (Phi) is 3.39. The number of hydrogen-bond acceptors (Lipinski definition) is 5. The van der Waals surface area contributed by atoms with Crippen molar-refractivity contribution in [2.75, 3.05) is 5.32 Å². The normalized spacial score (nSPS) is 11.1. The number of rotatable bonds is 3. The third-order valence-corrected chi connectivity index (χ3v) is 4.34. The molecule has 3 aromatic heterocycles. The number of benzene rings is 1. The lowest BCUT2D eigenvalue weighted by Gasteiger charge is -2.02. The second-order valence-electron chi connectivity index (χ2n) is 5.37. The summed E-state index contributed by atoms with van der Waals surface area (Å²) in [7, 11) is 1.87. The van der Waals surface area contributed by atoms with Gasteiger partial charge < -0.3 is 4.98 Å². The van der Waals surface area contributed by atoms with Crippen molar-refractivity contribution in [2.24, 2.45) is 7.05 Å². The minimum absolute atomic E-state index is 0.227. The number of anilines is 1. The summed E-state index contributed by atoms with van der Waals surface area (Å²) in [6, 6.07) is 7.43. The Morgan fingerprint density at radius 1 is 1.38 bits per heavy atom. The van der Waals surface area contributed by atoms with Gasteiger partial charge in [0.15, 0.2) is 11.0 Å². The highest BCUT2D eigenvalue weighted by Crippen LogP contribution is 2.24. The van der Waals surface area contributed by atoms with Gasteiger partial charge in [0.2, 0.25) is 0 Å². The molecule has 1 aromatic carbocycles. The molecule has 0 bridgehead atoms. The van der Waals surface area contributed by atoms with Crippen LogP contribution in [0.2, 0.25) is 0 Å². The maximum absolute atomic E-state index is 12.5. The third-order valence-electron chi connectivity index (χ3n) is 3.65. The van der Waals surface area contributed by atoms with Crippen LogP contribution in [0.15, 0.2) is 35.8 Å². The number of aromatic nitrogens is 5. The number of hydrogen-bond donors (Lipinski definition) is 2. The van der Waals surface area contributed by atoms with Gasteiger partial charge in [-0.25, -0.2) is 9.97 Å². The predicted molar refractivity (Wildman–Crippen MR) is 93.1 cm³/mol. The van der Waals surface area contributed by atoms with Crippen LogP contribution in [0.25, 0.3) is 22.6 Å². The number of H-pyrrole nitrogens is 1. The number of carbonyl (C=O) groups is 1. The van der Waals surface area contributed by atoms with E-state index in [1.54, 1.807) is 16.9 Å². The molecule has 1 amide bonds. The maximum atomic E-state index is 12.5. The van der Waals surface area contributed by atoms with Crippen molar-refractivity contribution in [1.29, 1.82) is 0 Å². The number of nitrogens with zero attached hydrogens (tertiary/aromatic N) is 4. The van der Waals surface area contributed by atoms with Crippen LogP contribution >= 0.6 is 11.3 Å². The van der Waals surface area contributed by atoms with Crippen LogP contribution in [0.5, 0.6) is 0 Å². The molecule has 0 fully saturated rings. The number of fused-ring (bicyclic) bond motifs is 1. The molecule has 7 nitrogen and oxygen atoms in total. The van der Waals surface area contributed by atoms with Gasteiger partial charge in [-0.05, 0) is 25.1 Å². The van der Waals surface area contributed by atoms with Gasteiger partial charge in [-0.2, -0.15) is 5.10 Å². The van der Waals surface area contributed by atoms with Gasteiger partial charge in [-0.1, -0.05) is 6.07 Å². The van der Waals surface area contributed by atoms with E-state index in [1.165, 1.54) is 11.3 Å². The molecule has 0 radical (unpaired) electrons. The van der Waals surface area contributed by atoms with Gasteiger partial charge in [-0.3, -0.25) is 14.8 Å². The van der Waals surface area contributed by atoms with E-state index in [2.05, 4.69) is 25.4 Å². The lowest BCUT2D eigenvalue weighted by atomic mass is 10.2. The highest BCUT2D eigenvalue weighted by atomic mass is 32.1. The van der Waals surface area contributed by atoms with E-state index >= 15 is 0 Å². The Hall–Kier alpha value is -3.00. The number of imidazole rings is 1. The van der Waals surface area contributed by atoms with Crippen molar-refractivity contribution in [3.63, 3.8) is 0 Å². The summed E-state index contributed by atoms with van der Waals surface area (Å²) in [6.45, 7) is 1.93. The van der Waals surface area contributed by atoms with E-state index in [-0.39, 0.29) is 5.91 Å². The van der Waals surface area contributed by atoms with Crippen molar-refractivity contribution < 1.29 is 4.79 Å². The van der Waals surface area contributed by atoms with E-state index in [0.29, 0.717) is 22.0 Å². The van der Waals surface area contributed by atoms with Crippen LogP contribution in [-0.4, -0.2) is 30.6 Å². The monoisotopic (exact) mass is 338 g/mol. The first-order valence-corrected chi connectivity index (χ1v) is 8.20. The molecule has 0 unspecified atom stereocenters. The summed E-state index contributed by atoms with van der Waals surface area (Å²) in [6.07, 6.45) is 1.65. The van der Waals surface area contributed by atoms with E-state index in [1.807, 2.05) is 37.6 Å². The van der Waals surface area contributed by atoms with Gasteiger partial charge in [0.1, 0.15) is 11.2 Å². The molecule has 0 saturated heterocycles. The fraction of sp³-hybridized carbons (Fsp3) is 0.125. The number of nitrogens with one attached hydrogen (secondary N) is 2. The molecule has 0 aliphatic carbocycles. The van der Waals surface area contributed by atoms with Gasteiger partial charge in [0.05, 0.1) is 16.8 Å². The fourth-order valence-electron chi connectivity index (χ4n) is 2.62. The van der Waals surface area contributed by atoms with Crippen LogP contribution in [0.3, 0.4) is 0 Å². The number of thiazole rings is 1. The van der Waals surface area contributed by atoms with Crippen molar-refractivity contribution in [3.8, 4) is 11.5 Å². The Balaban J connectivity index is 1.77. The van der Waals surface area contributed by atoms with E-state index in [0.717, 1.165) is 16.9 Å². The zero-order valence-corrected chi connectivity index (χ0v) is 13.9. The Morgan fingerprint density at radius 3 is 2.96 bits per heavy atom. The highest BCUT2D eigenvalue weighted by molar-refractivity contribution is 7.13. The van der Waals surface area contributed by atoms with E-state index in [4.69, 9.17) is 0 Å². The number of carbonyl (C=O) groups excluding carboxylic acids is 1. The van der Waals surface area contributed by atoms with Crippen LogP contribution in [0, 0.1) is 6.92 Å². The number of amides is 1. The first-order chi connectivity index (χ1) is 11.6. The lowest BCUT2D eigenvalue weighted by Crippen LogP contribution is -2.12. The molecule has 0 spiro atoms. The quantitative estimate of drug-likeness (QED) is 0.601. The van der Waals surface area contributed by atoms with E-state index in [9.17, 15) is 4.79 Å². The highest BCUT2D eigenvalue weighted by Gasteiger charge is 2.16. The second-order valence-corrected chi connectivity index (χ2v) is 6.27. The average molecular weight is 338 g/mol. The van der Waals surface area contributed by atoms with Gasteiger partial charge >= 0.3 is 0 Å². The Morgan fingerprint density at radius 2 is 2.25 bits per heavy atom. The second kappa shape index (κ2) is 5.57. The van der Waals surface area contributed by atoms with Crippen molar-refractivity contribution in [2.45, 2.75) is 6.92 Å². The van der Waals surface area contributed by atoms with Gasteiger partial charge in [0.25, 0.3) is 5.91 Å². The van der Waals surface area contributed by atoms with Crippen molar-refractivity contribution in [3.05, 3.63) is 47.1 Å². The minimum atomic E-state index is -0.227. The number of aromatic amines is 1. The molecule has 24 heavy (non-hydrogen) atoms. The summed E-state index contributed by atoms with van der Waals surface area (Å²) in [4.78, 5) is 24.5. The Labute approximate surface area is 141 Å². The SMILES string of the molecule is Cc1cc(-c2nc3c(C(=O)Nc4nccs4)cccc3[nH]2)n(C)n1. The van der Waals surface area contributed by atoms with E-state index < -0.39 is 0 Å². The zero-order valence-electron chi connectivity index (χ0n) is 13.1. The van der Waals surface area contributed by atoms with Crippen LogP contribution in [-0.2, 0) is 7.05 Å². The molecule has 0 atom stereocenters. The molecule has 0 aliphatic rings. The molecular formula is C16H14N6OS. The van der Waals surface area contributed by atoms with Crippen molar-refractivity contribution >= 4 is 33.4 Å². The van der Waals surface area contributed by atoms with Crippen molar-refractivity contribution in [1.82, 2.24) is 24.7 Å². The first-order valence-electron chi connectivity index (χ1n) is 7.32. The smallest absolute Gasteiger partial charge is 0.259 e. The number of aryl methyl sites for hydroxylation is 2. The molecule has 0 saturated carbocycles. The van der Waals surface area contributed by atoms with Crippen LogP contribution < -0.4 is 5.32 Å². The molecule has 2 N–H and O–H groups in total. The maximum Gasteiger partial charge on any atom is 0.259 e. The molecule has 4 aromatic rings. The summed E-state index contributed by atoms with van der Waals surface area (Å²) < 4.78 is 1.77. The molecule has 4 rings (SSSR count). The van der Waals surface area contributed by atoms with Crippen LogP contribution in [0.1, 0.15) is 16.1 Å². The third kappa shape index (κ3) is 2.46. The zero-order chi connectivity index (χ0) is 16.7. The summed E-state index contributed by atoms with van der Waals surface area (Å²) in [5, 5.41) is 9.51. The predicted octanol–water partition coefficient (Wildman–Crippen LogP) is 2.98. The van der Waals surface area contributed by atoms with Crippen LogP contribution in [0.4, 0.5) is 5.13 Å². The topological polar surface area (TPSA) is 88.5 Å². The average Bonchev–Trinajstić information content (AvgIpc) is 3.26. The Bertz CT molecular complexity index is 1030. The molecule has 8 heteroatoms. The molecule has 0 aliphatic heterocycles. The summed E-state index contributed by atoms with van der Waals surface area (Å²) in [5.74, 6) is 0.456. The summed E-state index contributed by atoms with van der Waals surface area (Å²) in [5.41, 5.74) is 3.71. The molecule has 3 heterocycles. The lowest BCUT2D eigenvalue weighted by molar-refractivity contribution is 0.102. The minimum Gasteiger partial charge on any atom is -0.337 e. The fourth-order valence-corrected chi connectivity index (χ4v) is 3.14. The molecular weight excluding hydrogens is 324 g/mol. The number of para-hydroxylation sites is 1. The largest absolute Gasteiger partial charge is 0.337 e. The summed E-state index contributed by atoms with van der Waals surface area (Å²) >= 11 is 1.38. The first kappa shape index (κ1) is 14.6. The molecule has 120 valence electrons. The van der Waals surface area contributed by atoms with Gasteiger partial charge in [0, 0.05) is 18.6 Å². The standard InChI is InChI=1S/C16H14N6OS/c1-9-8-12(22(2)21-9)14-18-11-5-3-4-10(13(11)19-14)15(23)20-16-17-6-7-24-16/h3-8H,1-2H3,(H,18,19)(H,17,20,23). The van der Waals surface area contributed by atoms with Gasteiger partial charge in [-0.15, -0.1) is 11.3 Å².